The van der Waals surface area contributed by atoms with E-state index >= 15 is 0 Å². The van der Waals surface area contributed by atoms with Gasteiger partial charge in [-0.3, -0.25) is 4.79 Å². The third kappa shape index (κ3) is 8.30. The van der Waals surface area contributed by atoms with Gasteiger partial charge in [0.15, 0.2) is 5.78 Å². The van der Waals surface area contributed by atoms with Gasteiger partial charge in [0.25, 0.3) is 0 Å². The van der Waals surface area contributed by atoms with Crippen LogP contribution >= 0.6 is 22.6 Å². The van der Waals surface area contributed by atoms with E-state index < -0.39 is 6.10 Å². The van der Waals surface area contributed by atoms with E-state index in [4.69, 9.17) is 0 Å². The number of unbranched alkanes of at least 4 members (excludes halogenated alkanes) is 6. The topological polar surface area (TPSA) is 37.3 Å². The summed E-state index contributed by atoms with van der Waals surface area (Å²) in [5.74, 6) is -0.160. The highest BCUT2D eigenvalue weighted by Crippen LogP contribution is 2.22. The molecule has 1 aromatic rings. The Balaban J connectivity index is 2.39. The Morgan fingerprint density at radius 1 is 1.00 bits per heavy atom. The summed E-state index contributed by atoms with van der Waals surface area (Å²) in [6.45, 7) is 2.23. The van der Waals surface area contributed by atoms with Gasteiger partial charge in [0.05, 0.1) is 6.10 Å². The Bertz CT molecular complexity index is 419. The number of carbonyl (C=O) groups excluding carboxylic acids is 1. The predicted molar refractivity (Wildman–Crippen MR) is 106 cm³/mol. The molecule has 130 valence electrons. The van der Waals surface area contributed by atoms with Gasteiger partial charge in [-0.05, 0) is 12.8 Å². The number of alkyl halides is 1. The van der Waals surface area contributed by atoms with Crippen molar-refractivity contribution in [3.8, 4) is 0 Å². The average Bonchev–Trinajstić information content (AvgIpc) is 2.59. The number of carbonyl (C=O) groups is 1. The van der Waals surface area contributed by atoms with Crippen LogP contribution in [0.4, 0.5) is 0 Å². The zero-order valence-corrected chi connectivity index (χ0v) is 16.5. The molecule has 0 fully saturated rings. The van der Waals surface area contributed by atoms with Crippen molar-refractivity contribution >= 4 is 28.4 Å². The Kier molecular flexibility index (Phi) is 11.6. The molecular formula is C20H31IO2. The van der Waals surface area contributed by atoms with E-state index in [-0.39, 0.29) is 11.7 Å². The zero-order valence-electron chi connectivity index (χ0n) is 14.3. The van der Waals surface area contributed by atoms with Crippen LogP contribution in [0, 0.1) is 5.92 Å². The monoisotopic (exact) mass is 430 g/mol. The summed E-state index contributed by atoms with van der Waals surface area (Å²) >= 11 is 2.29. The fraction of sp³-hybridized carbons (Fsp3) is 0.650. The summed E-state index contributed by atoms with van der Waals surface area (Å²) in [6, 6.07) is 9.39. The van der Waals surface area contributed by atoms with Crippen LogP contribution in [0.3, 0.4) is 0 Å². The van der Waals surface area contributed by atoms with Crippen molar-refractivity contribution in [1.29, 1.82) is 0 Å². The quantitative estimate of drug-likeness (QED) is 0.186. The third-order valence-corrected chi connectivity index (χ3v) is 5.01. The maximum atomic E-state index is 12.6. The summed E-state index contributed by atoms with van der Waals surface area (Å²) in [4.78, 5) is 12.6. The van der Waals surface area contributed by atoms with E-state index in [9.17, 15) is 9.90 Å². The summed E-state index contributed by atoms with van der Waals surface area (Å²) in [5.41, 5.74) is 0.723. The van der Waals surface area contributed by atoms with Crippen molar-refractivity contribution in [1.82, 2.24) is 0 Å². The van der Waals surface area contributed by atoms with Gasteiger partial charge in [0.1, 0.15) is 0 Å². The molecular weight excluding hydrogens is 399 g/mol. The van der Waals surface area contributed by atoms with Gasteiger partial charge in [-0.1, -0.05) is 105 Å². The minimum absolute atomic E-state index is 0.0951. The van der Waals surface area contributed by atoms with E-state index in [1.807, 2.05) is 30.3 Å². The molecule has 1 aromatic carbocycles. The van der Waals surface area contributed by atoms with E-state index in [1.165, 1.54) is 32.1 Å². The lowest BCUT2D eigenvalue weighted by molar-refractivity contribution is 0.0638. The lowest BCUT2D eigenvalue weighted by Crippen LogP contribution is -2.29. The first kappa shape index (κ1) is 20.6. The second kappa shape index (κ2) is 12.9. The first-order chi connectivity index (χ1) is 11.2. The van der Waals surface area contributed by atoms with E-state index in [0.717, 1.165) is 35.7 Å². The molecule has 2 nitrogen and oxygen atoms in total. The van der Waals surface area contributed by atoms with Crippen molar-refractivity contribution in [3.05, 3.63) is 35.9 Å². The molecule has 1 rings (SSSR count). The van der Waals surface area contributed by atoms with E-state index in [2.05, 4.69) is 29.5 Å². The summed E-state index contributed by atoms with van der Waals surface area (Å²) in [6.07, 6.45) is 9.64. The van der Waals surface area contributed by atoms with Crippen LogP contribution in [0.25, 0.3) is 0 Å². The smallest absolute Gasteiger partial charge is 0.168 e. The van der Waals surface area contributed by atoms with Crippen molar-refractivity contribution < 1.29 is 9.90 Å². The largest absolute Gasteiger partial charge is 0.392 e. The Morgan fingerprint density at radius 2 is 1.61 bits per heavy atom. The molecule has 0 aliphatic rings. The molecule has 0 radical (unpaired) electrons. The van der Waals surface area contributed by atoms with Crippen LogP contribution in [0.2, 0.25) is 0 Å². The van der Waals surface area contributed by atoms with E-state index in [0.29, 0.717) is 0 Å². The second-order valence-electron chi connectivity index (χ2n) is 6.29. The fourth-order valence-electron chi connectivity index (χ4n) is 2.94. The van der Waals surface area contributed by atoms with Gasteiger partial charge < -0.3 is 5.11 Å². The highest BCUT2D eigenvalue weighted by atomic mass is 127. The molecule has 0 unspecified atom stereocenters. The van der Waals surface area contributed by atoms with Gasteiger partial charge in [0, 0.05) is 15.9 Å². The van der Waals surface area contributed by atoms with Crippen LogP contribution < -0.4 is 0 Å². The molecule has 23 heavy (non-hydrogen) atoms. The third-order valence-electron chi connectivity index (χ3n) is 4.38. The minimum Gasteiger partial charge on any atom is -0.392 e. The number of hydrogen-bond donors (Lipinski definition) is 1. The van der Waals surface area contributed by atoms with Crippen molar-refractivity contribution in [2.45, 2.75) is 70.8 Å². The molecule has 0 aliphatic heterocycles. The van der Waals surface area contributed by atoms with Crippen molar-refractivity contribution in [2.24, 2.45) is 5.92 Å². The maximum absolute atomic E-state index is 12.6. The summed E-state index contributed by atoms with van der Waals surface area (Å²) < 4.78 is 0.898. The van der Waals surface area contributed by atoms with Gasteiger partial charge in [-0.15, -0.1) is 0 Å². The van der Waals surface area contributed by atoms with Crippen molar-refractivity contribution in [3.63, 3.8) is 0 Å². The maximum Gasteiger partial charge on any atom is 0.168 e. The highest BCUT2D eigenvalue weighted by Gasteiger charge is 2.26. The van der Waals surface area contributed by atoms with Crippen LogP contribution in [0.5, 0.6) is 0 Å². The Labute approximate surface area is 155 Å². The number of aliphatic hydroxyl groups is 1. The average molecular weight is 430 g/mol. The molecule has 0 aromatic heterocycles. The molecule has 2 atom stereocenters. The molecule has 0 amide bonds. The normalized spacial score (nSPS) is 13.7. The molecule has 3 heteroatoms. The van der Waals surface area contributed by atoms with Crippen LogP contribution in [-0.2, 0) is 0 Å². The first-order valence-electron chi connectivity index (χ1n) is 9.04. The lowest BCUT2D eigenvalue weighted by atomic mass is 9.87. The molecule has 0 heterocycles. The lowest BCUT2D eigenvalue weighted by Gasteiger charge is -2.21. The second-order valence-corrected chi connectivity index (χ2v) is 7.37. The Morgan fingerprint density at radius 3 is 2.22 bits per heavy atom. The fourth-order valence-corrected chi connectivity index (χ4v) is 3.62. The summed E-state index contributed by atoms with van der Waals surface area (Å²) in [7, 11) is 0. The molecule has 1 N–H and O–H groups in total. The van der Waals surface area contributed by atoms with Crippen LogP contribution in [-0.4, -0.2) is 21.4 Å². The number of Topliss-reactive ketones (excluding diaryl/α,β-unsaturated/α-hetero) is 1. The molecule has 0 saturated heterocycles. The number of benzene rings is 1. The van der Waals surface area contributed by atoms with Crippen molar-refractivity contribution in [2.75, 3.05) is 4.43 Å². The molecule has 0 aliphatic carbocycles. The summed E-state index contributed by atoms with van der Waals surface area (Å²) in [5, 5.41) is 10.5. The standard InChI is InChI=1S/C20H31IO2/c1-2-3-4-5-6-7-11-14-19(22)18(15-16-21)20(23)17-12-9-8-10-13-17/h8-10,12-13,18-19,22H,2-7,11,14-16H2,1H3/t18-,19-/m1/s1. The number of ketones is 1. The van der Waals surface area contributed by atoms with Crippen LogP contribution in [0.15, 0.2) is 30.3 Å². The predicted octanol–water partition coefficient (Wildman–Crippen LogP) is 5.81. The molecule has 0 bridgehead atoms. The number of aliphatic hydroxyl groups excluding tert-OH is 1. The van der Waals surface area contributed by atoms with E-state index in [1.54, 1.807) is 0 Å². The Hall–Kier alpha value is -0.420. The molecule has 0 spiro atoms. The van der Waals surface area contributed by atoms with Gasteiger partial charge in [-0.2, -0.15) is 0 Å². The molecule has 0 saturated carbocycles. The van der Waals surface area contributed by atoms with Crippen LogP contribution in [0.1, 0.15) is 75.1 Å². The minimum atomic E-state index is -0.506. The number of rotatable bonds is 13. The number of halogens is 1. The zero-order chi connectivity index (χ0) is 16.9. The van der Waals surface area contributed by atoms with Gasteiger partial charge in [-0.25, -0.2) is 0 Å². The van der Waals surface area contributed by atoms with Gasteiger partial charge >= 0.3 is 0 Å². The van der Waals surface area contributed by atoms with Gasteiger partial charge in [0.2, 0.25) is 0 Å². The SMILES string of the molecule is CCCCCCCCC[C@@H](O)[C@@H](CCI)C(=O)c1ccccc1. The number of hydrogen-bond acceptors (Lipinski definition) is 2. The highest BCUT2D eigenvalue weighted by molar-refractivity contribution is 14.1. The first-order valence-corrected chi connectivity index (χ1v) is 10.6.